The van der Waals surface area contributed by atoms with Crippen LogP contribution >= 0.6 is 63.0 Å². The Labute approximate surface area is 178 Å². The molecule has 3 N–H and O–H groups in total. The number of amides is 1. The summed E-state index contributed by atoms with van der Waals surface area (Å²) in [6, 6.07) is 12.7. The van der Waals surface area contributed by atoms with E-state index in [1.54, 1.807) is 12.1 Å². The van der Waals surface area contributed by atoms with Gasteiger partial charge in [-0.25, -0.2) is 4.39 Å². The van der Waals surface area contributed by atoms with E-state index in [9.17, 15) is 9.18 Å². The van der Waals surface area contributed by atoms with Gasteiger partial charge in [-0.1, -0.05) is 62.9 Å². The number of nitrogens with one attached hydrogen (secondary N) is 3. The zero-order valence-electron chi connectivity index (χ0n) is 12.9. The molecule has 0 fully saturated rings. The van der Waals surface area contributed by atoms with Crippen LogP contribution in [0, 0.1) is 5.82 Å². The van der Waals surface area contributed by atoms with Crippen LogP contribution in [0.15, 0.2) is 53.0 Å². The highest BCUT2D eigenvalue weighted by Crippen LogP contribution is 2.29. The first-order valence-electron chi connectivity index (χ1n) is 7.12. The molecule has 0 aliphatic rings. The monoisotopic (exact) mass is 497 g/mol. The quantitative estimate of drug-likeness (QED) is 0.315. The maximum absolute atomic E-state index is 13.7. The Hall–Kier alpha value is -1.12. The lowest BCUT2D eigenvalue weighted by atomic mass is 10.2. The Morgan fingerprint density at radius 2 is 1.69 bits per heavy atom. The molecule has 2 aromatic carbocycles. The minimum absolute atomic E-state index is 0.109. The van der Waals surface area contributed by atoms with Crippen molar-refractivity contribution in [1.82, 2.24) is 10.6 Å². The van der Waals surface area contributed by atoms with E-state index in [0.29, 0.717) is 5.69 Å². The van der Waals surface area contributed by atoms with Crippen LogP contribution in [0.25, 0.3) is 0 Å². The largest absolute Gasteiger partial charge is 0.339 e. The number of alkyl halides is 3. The normalized spacial score (nSPS) is 12.2. The molecule has 138 valence electrons. The Bertz CT molecular complexity index is 802. The summed E-state index contributed by atoms with van der Waals surface area (Å²) in [5.74, 6) is -1.44. The minimum Gasteiger partial charge on any atom is -0.339 e. The zero-order valence-corrected chi connectivity index (χ0v) is 17.6. The summed E-state index contributed by atoms with van der Waals surface area (Å²) in [5.41, 5.74) is 0.509. The number of halogens is 5. The number of anilines is 1. The van der Waals surface area contributed by atoms with Crippen LogP contribution < -0.4 is 16.0 Å². The number of hydrogen-bond donors (Lipinski definition) is 3. The van der Waals surface area contributed by atoms with Gasteiger partial charge in [0.2, 0.25) is 3.79 Å². The second-order valence-electron chi connectivity index (χ2n) is 5.03. The first kappa shape index (κ1) is 21.2. The van der Waals surface area contributed by atoms with Crippen LogP contribution in [-0.4, -0.2) is 21.0 Å². The summed E-state index contributed by atoms with van der Waals surface area (Å²) in [7, 11) is 0. The molecule has 0 spiro atoms. The van der Waals surface area contributed by atoms with Crippen LogP contribution in [0.5, 0.6) is 0 Å². The highest BCUT2D eigenvalue weighted by molar-refractivity contribution is 9.10. The third kappa shape index (κ3) is 6.25. The molecule has 0 aliphatic carbocycles. The molecule has 1 amide bonds. The molecule has 2 aromatic rings. The van der Waals surface area contributed by atoms with E-state index < -0.39 is 21.7 Å². The summed E-state index contributed by atoms with van der Waals surface area (Å²) in [6.45, 7) is 0. The van der Waals surface area contributed by atoms with Crippen molar-refractivity contribution in [2.45, 2.75) is 9.96 Å². The van der Waals surface area contributed by atoms with Gasteiger partial charge in [0.15, 0.2) is 5.11 Å². The van der Waals surface area contributed by atoms with Crippen molar-refractivity contribution >= 4 is 79.7 Å². The SMILES string of the molecule is O=C(N[C@H](NC(=S)Nc1ccc(Br)cc1)C(Cl)(Cl)Cl)c1ccccc1F. The van der Waals surface area contributed by atoms with Crippen molar-refractivity contribution in [2.24, 2.45) is 0 Å². The van der Waals surface area contributed by atoms with Crippen LogP contribution in [0.1, 0.15) is 10.4 Å². The topological polar surface area (TPSA) is 53.2 Å². The van der Waals surface area contributed by atoms with Crippen molar-refractivity contribution in [3.63, 3.8) is 0 Å². The molecule has 0 bridgehead atoms. The maximum atomic E-state index is 13.7. The molecule has 0 aliphatic heterocycles. The van der Waals surface area contributed by atoms with Crippen molar-refractivity contribution in [3.05, 3.63) is 64.4 Å². The molecule has 1 atom stereocenters. The fourth-order valence-electron chi connectivity index (χ4n) is 1.89. The van der Waals surface area contributed by atoms with Gasteiger partial charge in [-0.05, 0) is 48.6 Å². The molecule has 2 rings (SSSR count). The molecule has 0 unspecified atom stereocenters. The Morgan fingerprint density at radius 3 is 2.27 bits per heavy atom. The number of carbonyl (C=O) groups excluding carboxylic acids is 1. The maximum Gasteiger partial charge on any atom is 0.255 e. The molecule has 0 saturated heterocycles. The molecular weight excluding hydrogens is 488 g/mol. The van der Waals surface area contributed by atoms with Crippen molar-refractivity contribution in [2.75, 3.05) is 5.32 Å². The van der Waals surface area contributed by atoms with Crippen molar-refractivity contribution in [1.29, 1.82) is 0 Å². The number of thiocarbonyl (C=S) groups is 1. The Balaban J connectivity index is 2.07. The molecule has 26 heavy (non-hydrogen) atoms. The van der Waals surface area contributed by atoms with Gasteiger partial charge in [-0.15, -0.1) is 0 Å². The third-order valence-corrected chi connectivity index (χ3v) is 4.50. The highest BCUT2D eigenvalue weighted by Gasteiger charge is 2.35. The van der Waals surface area contributed by atoms with Gasteiger partial charge < -0.3 is 16.0 Å². The first-order valence-corrected chi connectivity index (χ1v) is 9.45. The van der Waals surface area contributed by atoms with E-state index in [0.717, 1.165) is 10.5 Å². The lowest BCUT2D eigenvalue weighted by molar-refractivity contribution is 0.0930. The summed E-state index contributed by atoms with van der Waals surface area (Å²) < 4.78 is 12.7. The number of carbonyl (C=O) groups is 1. The van der Waals surface area contributed by atoms with E-state index in [-0.39, 0.29) is 10.7 Å². The van der Waals surface area contributed by atoms with Gasteiger partial charge in [0.05, 0.1) is 5.56 Å². The molecule has 0 heterocycles. The molecule has 0 saturated carbocycles. The van der Waals surface area contributed by atoms with Crippen molar-refractivity contribution < 1.29 is 9.18 Å². The second kappa shape index (κ2) is 9.19. The number of hydrogen-bond acceptors (Lipinski definition) is 2. The van der Waals surface area contributed by atoms with Crippen LogP contribution in [0.2, 0.25) is 0 Å². The molecule has 0 aromatic heterocycles. The lowest BCUT2D eigenvalue weighted by Gasteiger charge is -2.27. The predicted molar refractivity (Wildman–Crippen MR) is 111 cm³/mol. The average Bonchev–Trinajstić information content (AvgIpc) is 2.56. The van der Waals surface area contributed by atoms with E-state index in [2.05, 4.69) is 31.9 Å². The van der Waals surface area contributed by atoms with E-state index >= 15 is 0 Å². The molecule has 4 nitrogen and oxygen atoms in total. The van der Waals surface area contributed by atoms with Gasteiger partial charge in [0, 0.05) is 10.2 Å². The standard InChI is InChI=1S/C16H12BrCl3FN3OS/c17-9-5-7-10(8-6-9)22-15(26)24-14(16(18,19)20)23-13(25)11-3-1-2-4-12(11)21/h1-8,14H,(H,23,25)(H2,22,24,26)/t14-/m1/s1. The van der Waals surface area contributed by atoms with E-state index in [1.807, 2.05) is 12.1 Å². The lowest BCUT2D eigenvalue weighted by Crippen LogP contribution is -2.56. The Morgan fingerprint density at radius 1 is 1.08 bits per heavy atom. The van der Waals surface area contributed by atoms with Gasteiger partial charge in [0.1, 0.15) is 12.0 Å². The average molecular weight is 500 g/mol. The number of rotatable bonds is 4. The Kier molecular flexibility index (Phi) is 7.49. The molecular formula is C16H12BrCl3FN3OS. The zero-order chi connectivity index (χ0) is 19.3. The van der Waals surface area contributed by atoms with Crippen LogP contribution in [-0.2, 0) is 0 Å². The van der Waals surface area contributed by atoms with E-state index in [1.165, 1.54) is 18.2 Å². The van der Waals surface area contributed by atoms with Crippen molar-refractivity contribution in [3.8, 4) is 0 Å². The third-order valence-electron chi connectivity index (χ3n) is 3.10. The first-order chi connectivity index (χ1) is 12.2. The minimum atomic E-state index is -1.94. The highest BCUT2D eigenvalue weighted by atomic mass is 79.9. The molecule has 10 heteroatoms. The fraction of sp³-hybridized carbons (Fsp3) is 0.125. The van der Waals surface area contributed by atoms with Gasteiger partial charge in [-0.3, -0.25) is 4.79 Å². The van der Waals surface area contributed by atoms with Gasteiger partial charge in [0.25, 0.3) is 5.91 Å². The van der Waals surface area contributed by atoms with E-state index in [4.69, 9.17) is 47.0 Å². The smallest absolute Gasteiger partial charge is 0.255 e. The number of benzene rings is 2. The van der Waals surface area contributed by atoms with Gasteiger partial charge >= 0.3 is 0 Å². The molecule has 0 radical (unpaired) electrons. The van der Waals surface area contributed by atoms with Gasteiger partial charge in [-0.2, -0.15) is 0 Å². The van der Waals surface area contributed by atoms with Crippen LogP contribution in [0.3, 0.4) is 0 Å². The fourth-order valence-corrected chi connectivity index (χ4v) is 2.71. The predicted octanol–water partition coefficient (Wildman–Crippen LogP) is 5.00. The van der Waals surface area contributed by atoms with Crippen LogP contribution in [0.4, 0.5) is 10.1 Å². The second-order valence-corrected chi connectivity index (χ2v) is 8.73. The summed E-state index contributed by atoms with van der Waals surface area (Å²) in [5, 5.41) is 8.12. The summed E-state index contributed by atoms with van der Waals surface area (Å²) >= 11 is 26.2. The summed E-state index contributed by atoms with van der Waals surface area (Å²) in [4.78, 5) is 12.3. The summed E-state index contributed by atoms with van der Waals surface area (Å²) in [6.07, 6.45) is -1.20.